The fourth-order valence-corrected chi connectivity index (χ4v) is 4.16. The van der Waals surface area contributed by atoms with Gasteiger partial charge in [0.1, 0.15) is 0 Å². The Morgan fingerprint density at radius 1 is 1.12 bits per heavy atom. The van der Waals surface area contributed by atoms with E-state index in [0.29, 0.717) is 12.3 Å². The van der Waals surface area contributed by atoms with Crippen molar-refractivity contribution in [3.05, 3.63) is 71.3 Å². The van der Waals surface area contributed by atoms with E-state index in [0.717, 1.165) is 38.6 Å². The summed E-state index contributed by atoms with van der Waals surface area (Å²) in [5.41, 5.74) is 3.81. The molecule has 6 nitrogen and oxygen atoms in total. The summed E-state index contributed by atoms with van der Waals surface area (Å²) >= 11 is 0. The molecule has 2 unspecified atom stereocenters. The van der Waals surface area contributed by atoms with E-state index in [1.807, 2.05) is 23.1 Å². The molecule has 1 aliphatic rings. The number of likely N-dealkylation sites (N-methyl/N-ethyl adjacent to an activating group) is 1. The summed E-state index contributed by atoms with van der Waals surface area (Å²) in [6, 6.07) is 19.3. The Labute approximate surface area is 192 Å². The number of aliphatic imine (C=N–C) groups is 1. The van der Waals surface area contributed by atoms with Crippen molar-refractivity contribution in [3.8, 4) is 0 Å². The predicted molar refractivity (Wildman–Crippen MR) is 132 cm³/mol. The van der Waals surface area contributed by atoms with Crippen molar-refractivity contribution in [2.24, 2.45) is 10.9 Å². The standard InChI is InChI=1S/C26H37N5O/c1-20-10-12-23(13-11-20)24(30(3)4)18-29-26(27-2)28-17-22-16-25(32)31(19-22)15-14-21-8-6-5-7-9-21/h5-13,22,24H,14-19H2,1-4H3,(H2,27,28,29). The molecule has 0 saturated carbocycles. The van der Waals surface area contributed by atoms with Crippen molar-refractivity contribution < 1.29 is 4.79 Å². The van der Waals surface area contributed by atoms with Crippen molar-refractivity contribution in [1.82, 2.24) is 20.4 Å². The quantitative estimate of drug-likeness (QED) is 0.470. The molecule has 0 spiro atoms. The van der Waals surface area contributed by atoms with Crippen molar-refractivity contribution in [1.29, 1.82) is 0 Å². The first-order valence-electron chi connectivity index (χ1n) is 11.5. The van der Waals surface area contributed by atoms with Gasteiger partial charge in [-0.2, -0.15) is 0 Å². The molecule has 2 aromatic carbocycles. The van der Waals surface area contributed by atoms with Gasteiger partial charge >= 0.3 is 0 Å². The molecule has 1 saturated heterocycles. The predicted octanol–water partition coefficient (Wildman–Crippen LogP) is 2.85. The van der Waals surface area contributed by atoms with E-state index in [1.54, 1.807) is 7.05 Å². The molecule has 0 bridgehead atoms. The Balaban J connectivity index is 1.45. The molecule has 1 fully saturated rings. The molecular formula is C26H37N5O. The summed E-state index contributed by atoms with van der Waals surface area (Å²) in [7, 11) is 5.98. The Kier molecular flexibility index (Phi) is 8.68. The highest BCUT2D eigenvalue weighted by atomic mass is 16.2. The minimum atomic E-state index is 0.246. The van der Waals surface area contributed by atoms with Gasteiger partial charge in [-0.1, -0.05) is 60.2 Å². The number of nitrogens with zero attached hydrogens (tertiary/aromatic N) is 3. The summed E-state index contributed by atoms with van der Waals surface area (Å²) < 4.78 is 0. The van der Waals surface area contributed by atoms with E-state index in [4.69, 9.17) is 0 Å². The SMILES string of the molecule is CN=C(NCC1CC(=O)N(CCc2ccccc2)C1)NCC(c1ccc(C)cc1)N(C)C. The normalized spacial score (nSPS) is 17.7. The molecule has 0 aromatic heterocycles. The number of benzene rings is 2. The lowest BCUT2D eigenvalue weighted by Crippen LogP contribution is -2.43. The minimum Gasteiger partial charge on any atom is -0.356 e. The minimum absolute atomic E-state index is 0.246. The first-order chi connectivity index (χ1) is 15.5. The van der Waals surface area contributed by atoms with E-state index in [-0.39, 0.29) is 11.9 Å². The number of carbonyl (C=O) groups excluding carboxylic acids is 1. The molecule has 2 aromatic rings. The van der Waals surface area contributed by atoms with Gasteiger partial charge < -0.3 is 20.4 Å². The lowest BCUT2D eigenvalue weighted by Gasteiger charge is -2.26. The topological polar surface area (TPSA) is 60.0 Å². The Hall–Kier alpha value is -2.86. The van der Waals surface area contributed by atoms with Gasteiger partial charge in [0.25, 0.3) is 0 Å². The number of amides is 1. The molecule has 172 valence electrons. The maximum Gasteiger partial charge on any atom is 0.223 e. The van der Waals surface area contributed by atoms with Crippen LogP contribution in [-0.4, -0.2) is 69.0 Å². The van der Waals surface area contributed by atoms with Crippen LogP contribution in [0.1, 0.15) is 29.2 Å². The number of hydrogen-bond acceptors (Lipinski definition) is 3. The molecule has 1 amide bonds. The van der Waals surface area contributed by atoms with E-state index < -0.39 is 0 Å². The fourth-order valence-electron chi connectivity index (χ4n) is 4.16. The lowest BCUT2D eigenvalue weighted by molar-refractivity contribution is -0.127. The van der Waals surface area contributed by atoms with Gasteiger partial charge in [0.2, 0.25) is 5.91 Å². The second-order valence-corrected chi connectivity index (χ2v) is 8.87. The fraction of sp³-hybridized carbons (Fsp3) is 0.462. The zero-order valence-electron chi connectivity index (χ0n) is 19.8. The third kappa shape index (κ3) is 6.82. The molecule has 0 radical (unpaired) electrons. The summed E-state index contributed by atoms with van der Waals surface area (Å²) in [6.45, 7) is 5.19. The molecule has 1 heterocycles. The van der Waals surface area contributed by atoms with Crippen molar-refractivity contribution in [2.75, 3.05) is 47.3 Å². The van der Waals surface area contributed by atoms with Crippen molar-refractivity contribution >= 4 is 11.9 Å². The number of aryl methyl sites for hydroxylation is 1. The van der Waals surface area contributed by atoms with E-state index >= 15 is 0 Å². The van der Waals surface area contributed by atoms with Gasteiger partial charge in [-0.15, -0.1) is 0 Å². The lowest BCUT2D eigenvalue weighted by atomic mass is 10.0. The van der Waals surface area contributed by atoms with Crippen LogP contribution in [0, 0.1) is 12.8 Å². The largest absolute Gasteiger partial charge is 0.356 e. The number of likely N-dealkylation sites (tertiary alicyclic amines) is 1. The average Bonchev–Trinajstić information content (AvgIpc) is 3.15. The highest BCUT2D eigenvalue weighted by Crippen LogP contribution is 2.19. The van der Waals surface area contributed by atoms with Crippen LogP contribution in [0.25, 0.3) is 0 Å². The van der Waals surface area contributed by atoms with Crippen LogP contribution in [0.15, 0.2) is 59.6 Å². The zero-order valence-corrected chi connectivity index (χ0v) is 19.8. The molecule has 32 heavy (non-hydrogen) atoms. The Morgan fingerprint density at radius 3 is 2.50 bits per heavy atom. The first-order valence-corrected chi connectivity index (χ1v) is 11.5. The van der Waals surface area contributed by atoms with Crippen molar-refractivity contribution in [2.45, 2.75) is 25.8 Å². The van der Waals surface area contributed by atoms with Crippen LogP contribution >= 0.6 is 0 Å². The molecule has 0 aliphatic carbocycles. The molecule has 2 N–H and O–H groups in total. The highest BCUT2D eigenvalue weighted by molar-refractivity contribution is 5.81. The summed E-state index contributed by atoms with van der Waals surface area (Å²) in [6.07, 6.45) is 1.50. The molecule has 6 heteroatoms. The van der Waals surface area contributed by atoms with Gasteiger partial charge in [-0.3, -0.25) is 9.79 Å². The van der Waals surface area contributed by atoms with E-state index in [2.05, 4.69) is 77.9 Å². The Bertz CT molecular complexity index is 879. The van der Waals surface area contributed by atoms with Crippen LogP contribution in [0.4, 0.5) is 0 Å². The van der Waals surface area contributed by atoms with Crippen LogP contribution in [-0.2, 0) is 11.2 Å². The van der Waals surface area contributed by atoms with Gasteiger partial charge in [0, 0.05) is 45.6 Å². The molecule has 2 atom stereocenters. The van der Waals surface area contributed by atoms with Gasteiger partial charge in [0.05, 0.1) is 6.04 Å². The van der Waals surface area contributed by atoms with Gasteiger partial charge in [-0.05, 0) is 38.6 Å². The number of carbonyl (C=O) groups is 1. The number of nitrogens with one attached hydrogen (secondary N) is 2. The second kappa shape index (κ2) is 11.7. The van der Waals surface area contributed by atoms with Crippen LogP contribution in [0.2, 0.25) is 0 Å². The molecular weight excluding hydrogens is 398 g/mol. The van der Waals surface area contributed by atoms with E-state index in [9.17, 15) is 4.79 Å². The summed E-state index contributed by atoms with van der Waals surface area (Å²) in [5.74, 6) is 1.33. The smallest absolute Gasteiger partial charge is 0.223 e. The van der Waals surface area contributed by atoms with Gasteiger partial charge in [-0.25, -0.2) is 0 Å². The Morgan fingerprint density at radius 2 is 1.84 bits per heavy atom. The maximum absolute atomic E-state index is 12.4. The number of hydrogen-bond donors (Lipinski definition) is 2. The monoisotopic (exact) mass is 435 g/mol. The maximum atomic E-state index is 12.4. The molecule has 3 rings (SSSR count). The highest BCUT2D eigenvalue weighted by Gasteiger charge is 2.29. The van der Waals surface area contributed by atoms with Crippen LogP contribution in [0.3, 0.4) is 0 Å². The van der Waals surface area contributed by atoms with Crippen LogP contribution < -0.4 is 10.6 Å². The third-order valence-corrected chi connectivity index (χ3v) is 6.14. The first kappa shape index (κ1) is 23.8. The van der Waals surface area contributed by atoms with Crippen molar-refractivity contribution in [3.63, 3.8) is 0 Å². The average molecular weight is 436 g/mol. The number of guanidine groups is 1. The molecule has 1 aliphatic heterocycles. The third-order valence-electron chi connectivity index (χ3n) is 6.14. The van der Waals surface area contributed by atoms with E-state index in [1.165, 1.54) is 16.7 Å². The van der Waals surface area contributed by atoms with Crippen LogP contribution in [0.5, 0.6) is 0 Å². The summed E-state index contributed by atoms with van der Waals surface area (Å²) in [4.78, 5) is 21.0. The van der Waals surface area contributed by atoms with Gasteiger partial charge in [0.15, 0.2) is 5.96 Å². The zero-order chi connectivity index (χ0) is 22.9. The number of rotatable bonds is 9. The second-order valence-electron chi connectivity index (χ2n) is 8.87. The summed E-state index contributed by atoms with van der Waals surface area (Å²) in [5, 5.41) is 6.88.